The highest BCUT2D eigenvalue weighted by molar-refractivity contribution is 4.96. The van der Waals surface area contributed by atoms with Gasteiger partial charge in [0.1, 0.15) is 0 Å². The zero-order chi connectivity index (χ0) is 13.1. The first-order valence-corrected chi connectivity index (χ1v) is 6.90. The summed E-state index contributed by atoms with van der Waals surface area (Å²) in [6.45, 7) is 11.4. The summed E-state index contributed by atoms with van der Waals surface area (Å²) in [5.41, 5.74) is -0.394. The second-order valence-electron chi connectivity index (χ2n) is 6.54. The van der Waals surface area contributed by atoms with Gasteiger partial charge in [-0.1, -0.05) is 19.8 Å². The molecule has 1 aliphatic heterocycles. The Kier molecular flexibility index (Phi) is 4.99. The lowest BCUT2D eigenvalue weighted by molar-refractivity contribution is -0.261. The number of piperidine rings is 1. The molecule has 3 heteroatoms. The molecule has 0 unspecified atom stereocenters. The van der Waals surface area contributed by atoms with E-state index in [1.165, 1.54) is 17.9 Å². The van der Waals surface area contributed by atoms with Gasteiger partial charge in [-0.3, -0.25) is 0 Å². The average molecular weight is 243 g/mol. The van der Waals surface area contributed by atoms with Crippen molar-refractivity contribution >= 4 is 0 Å². The molecule has 102 valence electrons. The normalized spacial score (nSPS) is 25.1. The minimum Gasteiger partial charge on any atom is -0.378 e. The first-order valence-electron chi connectivity index (χ1n) is 6.90. The summed E-state index contributed by atoms with van der Waals surface area (Å²) in [6.07, 6.45) is 5.70. The van der Waals surface area contributed by atoms with Crippen LogP contribution in [-0.4, -0.2) is 34.1 Å². The summed E-state index contributed by atoms with van der Waals surface area (Å²) in [6, 6.07) is 0. The Bertz CT molecular complexity index is 220. The van der Waals surface area contributed by atoms with E-state index >= 15 is 0 Å². The minimum atomic E-state index is -0.197. The average Bonchev–Trinajstić information content (AvgIpc) is 2.20. The number of nitrogens with zero attached hydrogens (tertiary/aromatic N) is 1. The van der Waals surface area contributed by atoms with E-state index < -0.39 is 0 Å². The molecule has 0 amide bonds. The maximum absolute atomic E-state index is 10.2. The Labute approximate surface area is 106 Å². The molecule has 1 aliphatic rings. The van der Waals surface area contributed by atoms with E-state index in [1.54, 1.807) is 0 Å². The fourth-order valence-corrected chi connectivity index (χ4v) is 2.90. The van der Waals surface area contributed by atoms with Crippen molar-refractivity contribution in [3.63, 3.8) is 0 Å². The van der Waals surface area contributed by atoms with Crippen LogP contribution in [0.1, 0.15) is 66.7 Å². The lowest BCUT2D eigenvalue weighted by Gasteiger charge is -2.51. The van der Waals surface area contributed by atoms with Gasteiger partial charge >= 0.3 is 0 Å². The molecule has 0 bridgehead atoms. The van der Waals surface area contributed by atoms with Crippen LogP contribution in [0.25, 0.3) is 0 Å². The van der Waals surface area contributed by atoms with Crippen LogP contribution in [0.2, 0.25) is 0 Å². The maximum Gasteiger partial charge on any atom is 0.0611 e. The lowest BCUT2D eigenvalue weighted by atomic mass is 9.80. The van der Waals surface area contributed by atoms with E-state index in [2.05, 4.69) is 34.6 Å². The molecule has 0 aromatic carbocycles. The fraction of sp³-hybridized carbons (Fsp3) is 1.00. The Hall–Kier alpha value is -0.120. The highest BCUT2D eigenvalue weighted by Gasteiger charge is 2.45. The van der Waals surface area contributed by atoms with Crippen LogP contribution in [0, 0.1) is 0 Å². The zero-order valence-electron chi connectivity index (χ0n) is 12.1. The van der Waals surface area contributed by atoms with Crippen LogP contribution in [0.4, 0.5) is 0 Å². The number of ether oxygens (including phenoxy) is 1. The van der Waals surface area contributed by atoms with Crippen molar-refractivity contribution in [1.82, 2.24) is 5.06 Å². The third kappa shape index (κ3) is 3.94. The molecule has 0 aromatic heterocycles. The third-order valence-electron chi connectivity index (χ3n) is 3.70. The van der Waals surface area contributed by atoms with E-state index in [4.69, 9.17) is 4.74 Å². The monoisotopic (exact) mass is 243 g/mol. The van der Waals surface area contributed by atoms with Crippen molar-refractivity contribution in [2.45, 2.75) is 83.9 Å². The molecule has 0 saturated carbocycles. The highest BCUT2D eigenvalue weighted by atomic mass is 16.5. The Morgan fingerprint density at radius 3 is 2.12 bits per heavy atom. The van der Waals surface area contributed by atoms with Crippen molar-refractivity contribution in [2.24, 2.45) is 0 Å². The fourth-order valence-electron chi connectivity index (χ4n) is 2.90. The van der Waals surface area contributed by atoms with Crippen LogP contribution in [0.15, 0.2) is 0 Å². The topological polar surface area (TPSA) is 32.7 Å². The van der Waals surface area contributed by atoms with E-state index in [1.807, 2.05) is 0 Å². The van der Waals surface area contributed by atoms with Gasteiger partial charge in [0.2, 0.25) is 0 Å². The predicted octanol–water partition coefficient (Wildman–Crippen LogP) is 3.60. The zero-order valence-corrected chi connectivity index (χ0v) is 12.1. The van der Waals surface area contributed by atoms with Gasteiger partial charge in [0.05, 0.1) is 6.10 Å². The quantitative estimate of drug-likeness (QED) is 0.749. The molecule has 1 N–H and O–H groups in total. The third-order valence-corrected chi connectivity index (χ3v) is 3.70. The van der Waals surface area contributed by atoms with Gasteiger partial charge in [-0.15, -0.1) is 0 Å². The molecule has 0 radical (unpaired) electrons. The molecular weight excluding hydrogens is 214 g/mol. The van der Waals surface area contributed by atoms with Gasteiger partial charge < -0.3 is 9.94 Å². The number of hydroxylamine groups is 2. The molecule has 1 rings (SSSR count). The smallest absolute Gasteiger partial charge is 0.0611 e. The molecule has 0 atom stereocenters. The van der Waals surface area contributed by atoms with E-state index in [9.17, 15) is 5.21 Å². The number of unbranched alkanes of at least 4 members (excludes halogenated alkanes) is 2. The summed E-state index contributed by atoms with van der Waals surface area (Å²) >= 11 is 0. The Morgan fingerprint density at radius 2 is 1.65 bits per heavy atom. The molecule has 0 spiro atoms. The Balaban J connectivity index is 2.48. The molecule has 0 aliphatic carbocycles. The van der Waals surface area contributed by atoms with Crippen LogP contribution < -0.4 is 0 Å². The van der Waals surface area contributed by atoms with Gasteiger partial charge in [-0.2, -0.15) is 5.06 Å². The number of rotatable bonds is 5. The second-order valence-corrected chi connectivity index (χ2v) is 6.54. The van der Waals surface area contributed by atoms with Gasteiger partial charge in [-0.25, -0.2) is 0 Å². The first kappa shape index (κ1) is 14.9. The van der Waals surface area contributed by atoms with Gasteiger partial charge in [0, 0.05) is 17.7 Å². The summed E-state index contributed by atoms with van der Waals surface area (Å²) in [5.74, 6) is 0. The number of hydrogen-bond acceptors (Lipinski definition) is 3. The molecule has 0 aromatic rings. The largest absolute Gasteiger partial charge is 0.378 e. The first-order chi connectivity index (χ1) is 7.79. The van der Waals surface area contributed by atoms with Gasteiger partial charge in [-0.05, 0) is 47.0 Å². The highest BCUT2D eigenvalue weighted by Crippen LogP contribution is 2.37. The van der Waals surface area contributed by atoms with Crippen molar-refractivity contribution in [2.75, 3.05) is 6.61 Å². The lowest BCUT2D eigenvalue weighted by Crippen LogP contribution is -2.60. The van der Waals surface area contributed by atoms with E-state index in [-0.39, 0.29) is 17.2 Å². The molecule has 1 saturated heterocycles. The summed E-state index contributed by atoms with van der Waals surface area (Å²) < 4.78 is 5.97. The van der Waals surface area contributed by atoms with Gasteiger partial charge in [0.25, 0.3) is 0 Å². The SMILES string of the molecule is CCCCCOC1CC(C)(C)N(O)C(C)(C)C1. The van der Waals surface area contributed by atoms with Crippen LogP contribution in [0.5, 0.6) is 0 Å². The standard InChI is InChI=1S/C14H29NO2/c1-6-7-8-9-17-12-10-13(2,3)15(16)14(4,5)11-12/h12,16H,6-11H2,1-5H3. The van der Waals surface area contributed by atoms with Crippen LogP contribution in [0.3, 0.4) is 0 Å². The van der Waals surface area contributed by atoms with Crippen molar-refractivity contribution in [3.05, 3.63) is 0 Å². The van der Waals surface area contributed by atoms with Crippen LogP contribution >= 0.6 is 0 Å². The summed E-state index contributed by atoms with van der Waals surface area (Å²) in [4.78, 5) is 0. The van der Waals surface area contributed by atoms with Crippen molar-refractivity contribution < 1.29 is 9.94 Å². The van der Waals surface area contributed by atoms with Crippen molar-refractivity contribution in [1.29, 1.82) is 0 Å². The van der Waals surface area contributed by atoms with E-state index in [0.29, 0.717) is 0 Å². The molecular formula is C14H29NO2. The molecule has 1 fully saturated rings. The van der Waals surface area contributed by atoms with E-state index in [0.717, 1.165) is 25.9 Å². The van der Waals surface area contributed by atoms with Crippen LogP contribution in [-0.2, 0) is 4.74 Å². The number of hydrogen-bond donors (Lipinski definition) is 1. The summed E-state index contributed by atoms with van der Waals surface area (Å²) in [5, 5.41) is 11.7. The minimum absolute atomic E-state index is 0.197. The molecule has 17 heavy (non-hydrogen) atoms. The molecule has 1 heterocycles. The Morgan fingerprint density at radius 1 is 1.12 bits per heavy atom. The molecule has 3 nitrogen and oxygen atoms in total. The second kappa shape index (κ2) is 5.68. The predicted molar refractivity (Wildman–Crippen MR) is 70.3 cm³/mol. The summed E-state index contributed by atoms with van der Waals surface area (Å²) in [7, 11) is 0. The maximum atomic E-state index is 10.2. The van der Waals surface area contributed by atoms with Crippen molar-refractivity contribution in [3.8, 4) is 0 Å². The van der Waals surface area contributed by atoms with Gasteiger partial charge in [0.15, 0.2) is 0 Å².